The molecule has 0 fully saturated rings. The Morgan fingerprint density at radius 2 is 1.74 bits per heavy atom. The summed E-state index contributed by atoms with van der Waals surface area (Å²) in [5.41, 5.74) is 1.86. The average molecular weight is 367 g/mol. The fourth-order valence-corrected chi connectivity index (χ4v) is 2.60. The number of ether oxygens (including phenoxy) is 1. The molecule has 0 atom stereocenters. The maximum Gasteiger partial charge on any atom is 0.244 e. The van der Waals surface area contributed by atoms with E-state index in [9.17, 15) is 4.39 Å². The van der Waals surface area contributed by atoms with Gasteiger partial charge in [0.25, 0.3) is 0 Å². The lowest BCUT2D eigenvalue weighted by molar-refractivity contribution is 0.414. The first-order valence-corrected chi connectivity index (χ1v) is 8.78. The quantitative estimate of drug-likeness (QED) is 0.604. The fourth-order valence-electron chi connectivity index (χ4n) is 2.60. The number of anilines is 2. The molecule has 2 aromatic carbocycles. The predicted octanol–water partition coefficient (Wildman–Crippen LogP) is 3.33. The number of halogens is 1. The van der Waals surface area contributed by atoms with Crippen molar-refractivity contribution in [2.75, 3.05) is 30.8 Å². The van der Waals surface area contributed by atoms with Crippen molar-refractivity contribution >= 4 is 11.8 Å². The smallest absolute Gasteiger partial charge is 0.244 e. The van der Waals surface area contributed by atoms with E-state index in [1.54, 1.807) is 25.4 Å². The summed E-state index contributed by atoms with van der Waals surface area (Å²) in [6, 6.07) is 14.7. The Morgan fingerprint density at radius 1 is 0.963 bits per heavy atom. The number of methoxy groups -OCH3 is 1. The van der Waals surface area contributed by atoms with Gasteiger partial charge in [0.05, 0.1) is 13.3 Å². The first-order valence-electron chi connectivity index (χ1n) is 8.78. The Labute approximate surface area is 157 Å². The third-order valence-electron chi connectivity index (χ3n) is 4.07. The molecule has 2 N–H and O–H groups in total. The molecule has 6 nitrogen and oxygen atoms in total. The molecule has 140 valence electrons. The summed E-state index contributed by atoms with van der Waals surface area (Å²) in [6.45, 7) is 1.25. The molecule has 0 unspecified atom stereocenters. The van der Waals surface area contributed by atoms with Crippen LogP contribution in [0.2, 0.25) is 0 Å². The Morgan fingerprint density at radius 3 is 2.52 bits per heavy atom. The topological polar surface area (TPSA) is 72.0 Å². The minimum absolute atomic E-state index is 0.194. The standard InChI is InChI=1S/C20H22FN5O/c1-27-17-8-6-15(7-9-17)10-12-23-20-25-19(14-24-26-20)22-13-11-16-4-2-3-5-18(16)21/h2-9,14H,10-13H2,1H3,(H2,22,23,25,26). The van der Waals surface area contributed by atoms with Gasteiger partial charge in [-0.1, -0.05) is 30.3 Å². The van der Waals surface area contributed by atoms with Crippen LogP contribution in [0.5, 0.6) is 5.75 Å². The summed E-state index contributed by atoms with van der Waals surface area (Å²) in [6.07, 6.45) is 2.95. The van der Waals surface area contributed by atoms with Gasteiger partial charge in [0, 0.05) is 13.1 Å². The Kier molecular flexibility index (Phi) is 6.51. The monoisotopic (exact) mass is 367 g/mol. The van der Waals surface area contributed by atoms with Crippen molar-refractivity contribution in [1.29, 1.82) is 0 Å². The van der Waals surface area contributed by atoms with Crippen LogP contribution in [-0.4, -0.2) is 35.4 Å². The van der Waals surface area contributed by atoms with Crippen molar-refractivity contribution in [3.05, 3.63) is 71.7 Å². The molecule has 0 saturated carbocycles. The molecule has 1 aromatic heterocycles. The van der Waals surface area contributed by atoms with E-state index in [2.05, 4.69) is 25.8 Å². The van der Waals surface area contributed by atoms with Gasteiger partial charge in [0.15, 0.2) is 5.82 Å². The molecule has 0 aliphatic rings. The predicted molar refractivity (Wildman–Crippen MR) is 104 cm³/mol. The normalized spacial score (nSPS) is 10.4. The lowest BCUT2D eigenvalue weighted by atomic mass is 10.1. The Balaban J connectivity index is 1.46. The van der Waals surface area contributed by atoms with Crippen LogP contribution < -0.4 is 15.4 Å². The molecule has 3 aromatic rings. The SMILES string of the molecule is COc1ccc(CCNc2nncc(NCCc3ccccc3F)n2)cc1. The van der Waals surface area contributed by atoms with Gasteiger partial charge in [-0.2, -0.15) is 10.1 Å². The van der Waals surface area contributed by atoms with Crippen molar-refractivity contribution in [2.24, 2.45) is 0 Å². The second kappa shape index (κ2) is 9.47. The molecule has 0 aliphatic heterocycles. The van der Waals surface area contributed by atoms with E-state index in [0.29, 0.717) is 36.8 Å². The molecule has 3 rings (SSSR count). The van der Waals surface area contributed by atoms with Gasteiger partial charge in [0.2, 0.25) is 5.95 Å². The molecule has 1 heterocycles. The maximum atomic E-state index is 13.6. The highest BCUT2D eigenvalue weighted by Gasteiger charge is 2.03. The summed E-state index contributed by atoms with van der Waals surface area (Å²) in [5, 5.41) is 14.2. The maximum absolute atomic E-state index is 13.6. The second-order valence-electron chi connectivity index (χ2n) is 5.96. The summed E-state index contributed by atoms with van der Waals surface area (Å²) < 4.78 is 18.8. The van der Waals surface area contributed by atoms with E-state index in [1.807, 2.05) is 30.3 Å². The molecule has 27 heavy (non-hydrogen) atoms. The van der Waals surface area contributed by atoms with Gasteiger partial charge in [-0.05, 0) is 42.2 Å². The lowest BCUT2D eigenvalue weighted by Crippen LogP contribution is -2.12. The van der Waals surface area contributed by atoms with Gasteiger partial charge in [-0.3, -0.25) is 0 Å². The molecular weight excluding hydrogens is 345 g/mol. The molecule has 0 amide bonds. The average Bonchev–Trinajstić information content (AvgIpc) is 2.70. The highest BCUT2D eigenvalue weighted by atomic mass is 19.1. The summed E-state index contributed by atoms with van der Waals surface area (Å²) in [4.78, 5) is 4.38. The first-order chi connectivity index (χ1) is 13.2. The van der Waals surface area contributed by atoms with E-state index >= 15 is 0 Å². The van der Waals surface area contributed by atoms with Crippen LogP contribution in [0, 0.1) is 5.82 Å². The third kappa shape index (κ3) is 5.64. The van der Waals surface area contributed by atoms with E-state index in [0.717, 1.165) is 12.2 Å². The second-order valence-corrected chi connectivity index (χ2v) is 5.96. The Hall–Kier alpha value is -3.22. The van der Waals surface area contributed by atoms with Crippen LogP contribution in [-0.2, 0) is 12.8 Å². The fraction of sp³-hybridized carbons (Fsp3) is 0.250. The molecular formula is C20H22FN5O. The van der Waals surface area contributed by atoms with Gasteiger partial charge in [-0.25, -0.2) is 4.39 Å². The number of nitrogens with one attached hydrogen (secondary N) is 2. The van der Waals surface area contributed by atoms with Gasteiger partial charge in [-0.15, -0.1) is 5.10 Å². The number of aromatic nitrogens is 3. The highest BCUT2D eigenvalue weighted by molar-refractivity contribution is 5.37. The number of rotatable bonds is 9. The van der Waals surface area contributed by atoms with Crippen LogP contribution >= 0.6 is 0 Å². The number of benzene rings is 2. The first kappa shape index (κ1) is 18.6. The van der Waals surface area contributed by atoms with Crippen LogP contribution in [0.25, 0.3) is 0 Å². The Bertz CT molecular complexity index is 857. The zero-order chi connectivity index (χ0) is 18.9. The van der Waals surface area contributed by atoms with Crippen molar-refractivity contribution < 1.29 is 9.13 Å². The van der Waals surface area contributed by atoms with E-state index < -0.39 is 0 Å². The summed E-state index contributed by atoms with van der Waals surface area (Å²) in [7, 11) is 1.65. The van der Waals surface area contributed by atoms with Crippen LogP contribution in [0.1, 0.15) is 11.1 Å². The van der Waals surface area contributed by atoms with Crippen LogP contribution in [0.4, 0.5) is 16.2 Å². The minimum atomic E-state index is -0.194. The largest absolute Gasteiger partial charge is 0.497 e. The molecule has 0 saturated heterocycles. The summed E-state index contributed by atoms with van der Waals surface area (Å²) in [5.74, 6) is 1.71. The van der Waals surface area contributed by atoms with Crippen molar-refractivity contribution in [3.63, 3.8) is 0 Å². The molecule has 0 radical (unpaired) electrons. The van der Waals surface area contributed by atoms with Crippen LogP contribution in [0.3, 0.4) is 0 Å². The van der Waals surface area contributed by atoms with E-state index in [-0.39, 0.29) is 5.82 Å². The van der Waals surface area contributed by atoms with E-state index in [4.69, 9.17) is 4.74 Å². The van der Waals surface area contributed by atoms with E-state index in [1.165, 1.54) is 11.6 Å². The zero-order valence-electron chi connectivity index (χ0n) is 15.2. The van der Waals surface area contributed by atoms with Crippen molar-refractivity contribution in [2.45, 2.75) is 12.8 Å². The molecule has 0 bridgehead atoms. The number of hydrogen-bond acceptors (Lipinski definition) is 6. The van der Waals surface area contributed by atoms with Crippen molar-refractivity contribution in [1.82, 2.24) is 15.2 Å². The number of hydrogen-bond donors (Lipinski definition) is 2. The third-order valence-corrected chi connectivity index (χ3v) is 4.07. The minimum Gasteiger partial charge on any atom is -0.497 e. The van der Waals surface area contributed by atoms with Crippen LogP contribution in [0.15, 0.2) is 54.7 Å². The number of nitrogens with zero attached hydrogens (tertiary/aromatic N) is 3. The van der Waals surface area contributed by atoms with Crippen molar-refractivity contribution in [3.8, 4) is 5.75 Å². The highest BCUT2D eigenvalue weighted by Crippen LogP contribution is 2.12. The zero-order valence-corrected chi connectivity index (χ0v) is 15.2. The molecule has 7 heteroatoms. The summed E-state index contributed by atoms with van der Waals surface area (Å²) >= 11 is 0. The van der Waals surface area contributed by atoms with Gasteiger partial charge < -0.3 is 15.4 Å². The molecule has 0 spiro atoms. The lowest BCUT2D eigenvalue weighted by Gasteiger charge is -2.08. The molecule has 0 aliphatic carbocycles. The van der Waals surface area contributed by atoms with Gasteiger partial charge in [0.1, 0.15) is 11.6 Å². The van der Waals surface area contributed by atoms with Gasteiger partial charge >= 0.3 is 0 Å².